The summed E-state index contributed by atoms with van der Waals surface area (Å²) in [6.07, 6.45) is 5.98. The molecule has 0 saturated heterocycles. The minimum absolute atomic E-state index is 0.733. The van der Waals surface area contributed by atoms with E-state index in [0.29, 0.717) is 0 Å². The monoisotopic (exact) mass is 266 g/mol. The van der Waals surface area contributed by atoms with E-state index in [2.05, 4.69) is 33.7 Å². The van der Waals surface area contributed by atoms with Gasteiger partial charge in [0.2, 0.25) is 0 Å². The molecule has 0 spiro atoms. The van der Waals surface area contributed by atoms with Gasteiger partial charge in [0, 0.05) is 31.7 Å². The van der Waals surface area contributed by atoms with Crippen LogP contribution in [0.3, 0.4) is 0 Å². The van der Waals surface area contributed by atoms with Crippen molar-refractivity contribution in [2.75, 3.05) is 20.6 Å². The van der Waals surface area contributed by atoms with Gasteiger partial charge in [-0.2, -0.15) is 0 Å². The molecule has 0 saturated carbocycles. The molecular formula is C13H22N4S. The Morgan fingerprint density at radius 2 is 2.44 bits per heavy atom. The molecule has 0 radical (unpaired) electrons. The fraction of sp³-hybridized carbons (Fsp3) is 0.538. The van der Waals surface area contributed by atoms with Crippen molar-refractivity contribution < 1.29 is 0 Å². The van der Waals surface area contributed by atoms with Crippen LogP contribution in [0.25, 0.3) is 0 Å². The molecule has 0 bridgehead atoms. The quantitative estimate of drug-likeness (QED) is 0.372. The van der Waals surface area contributed by atoms with E-state index in [-0.39, 0.29) is 0 Å². The van der Waals surface area contributed by atoms with Crippen LogP contribution in [0.4, 0.5) is 0 Å². The molecule has 0 aliphatic heterocycles. The maximum absolute atomic E-state index is 4.33. The van der Waals surface area contributed by atoms with Crippen LogP contribution in [-0.2, 0) is 6.54 Å². The zero-order chi connectivity index (χ0) is 13.4. The van der Waals surface area contributed by atoms with Crippen molar-refractivity contribution in [3.8, 4) is 0 Å². The van der Waals surface area contributed by atoms with Crippen molar-refractivity contribution in [2.45, 2.75) is 26.3 Å². The first kappa shape index (κ1) is 14.7. The largest absolute Gasteiger partial charge is 0.350 e. The summed E-state index contributed by atoms with van der Waals surface area (Å²) >= 11 is 1.71. The number of allylic oxidation sites excluding steroid dienone is 1. The van der Waals surface area contributed by atoms with Gasteiger partial charge in [0.15, 0.2) is 5.96 Å². The van der Waals surface area contributed by atoms with Crippen LogP contribution in [-0.4, -0.2) is 36.5 Å². The molecule has 4 nitrogen and oxygen atoms in total. The highest BCUT2D eigenvalue weighted by Crippen LogP contribution is 2.10. The second-order valence-electron chi connectivity index (χ2n) is 4.12. The molecule has 5 heteroatoms. The van der Waals surface area contributed by atoms with Crippen LogP contribution in [0.1, 0.15) is 22.7 Å². The highest BCUT2D eigenvalue weighted by atomic mass is 32.1. The first-order valence-corrected chi connectivity index (χ1v) is 6.93. The lowest BCUT2D eigenvalue weighted by Gasteiger charge is -2.21. The van der Waals surface area contributed by atoms with Crippen LogP contribution in [0.15, 0.2) is 23.8 Å². The predicted octanol–water partition coefficient (Wildman–Crippen LogP) is 2.42. The Morgan fingerprint density at radius 3 is 3.00 bits per heavy atom. The molecule has 0 aromatic carbocycles. The topological polar surface area (TPSA) is 40.5 Å². The summed E-state index contributed by atoms with van der Waals surface area (Å²) in [5.41, 5.74) is 0. The van der Waals surface area contributed by atoms with Gasteiger partial charge in [-0.1, -0.05) is 6.08 Å². The molecule has 0 aliphatic carbocycles. The van der Waals surface area contributed by atoms with E-state index in [1.54, 1.807) is 18.4 Å². The maximum Gasteiger partial charge on any atom is 0.193 e. The van der Waals surface area contributed by atoms with Gasteiger partial charge in [-0.05, 0) is 19.8 Å². The van der Waals surface area contributed by atoms with Crippen molar-refractivity contribution in [2.24, 2.45) is 4.99 Å². The average molecular weight is 266 g/mol. The van der Waals surface area contributed by atoms with E-state index in [1.165, 1.54) is 4.88 Å². The minimum Gasteiger partial charge on any atom is -0.350 e. The van der Waals surface area contributed by atoms with Gasteiger partial charge in [0.1, 0.15) is 5.01 Å². The Balaban J connectivity index is 2.39. The lowest BCUT2D eigenvalue weighted by molar-refractivity contribution is 0.470. The summed E-state index contributed by atoms with van der Waals surface area (Å²) < 4.78 is 0. The van der Waals surface area contributed by atoms with Gasteiger partial charge >= 0.3 is 0 Å². The van der Waals surface area contributed by atoms with Crippen LogP contribution >= 0.6 is 11.3 Å². The number of aromatic nitrogens is 1. The molecule has 100 valence electrons. The summed E-state index contributed by atoms with van der Waals surface area (Å²) in [6, 6.07) is 0. The van der Waals surface area contributed by atoms with Crippen molar-refractivity contribution in [1.29, 1.82) is 0 Å². The lowest BCUT2D eigenvalue weighted by atomic mass is 10.3. The zero-order valence-electron chi connectivity index (χ0n) is 11.4. The van der Waals surface area contributed by atoms with Crippen molar-refractivity contribution in [1.82, 2.24) is 15.2 Å². The molecule has 1 N–H and O–H groups in total. The van der Waals surface area contributed by atoms with E-state index in [1.807, 2.05) is 19.3 Å². The van der Waals surface area contributed by atoms with E-state index < -0.39 is 0 Å². The van der Waals surface area contributed by atoms with Gasteiger partial charge < -0.3 is 10.2 Å². The second-order valence-corrected chi connectivity index (χ2v) is 5.44. The summed E-state index contributed by atoms with van der Waals surface area (Å²) in [6.45, 7) is 7.50. The molecule has 0 aliphatic rings. The molecule has 0 unspecified atom stereocenters. The number of nitrogens with zero attached hydrogens (tertiary/aromatic N) is 3. The molecule has 1 heterocycles. The summed E-state index contributed by atoms with van der Waals surface area (Å²) in [5, 5.41) is 4.41. The predicted molar refractivity (Wildman–Crippen MR) is 79.1 cm³/mol. The molecule has 18 heavy (non-hydrogen) atoms. The highest BCUT2D eigenvalue weighted by Gasteiger charge is 2.06. The van der Waals surface area contributed by atoms with Crippen molar-refractivity contribution in [3.63, 3.8) is 0 Å². The van der Waals surface area contributed by atoms with Gasteiger partial charge in [0.25, 0.3) is 0 Å². The average Bonchev–Trinajstić information content (AvgIpc) is 2.76. The number of aryl methyl sites for hydroxylation is 1. The second kappa shape index (κ2) is 7.87. The molecular weight excluding hydrogens is 244 g/mol. The smallest absolute Gasteiger partial charge is 0.193 e. The maximum atomic E-state index is 4.33. The standard InChI is InChI=1S/C13H22N4S/c1-5-6-7-8-17(4)13(14-3)16-10-12-15-9-11(2)18-12/h5,9H,1,6-8,10H2,2-4H3,(H,14,16). The molecule has 1 rings (SSSR count). The van der Waals surface area contributed by atoms with Gasteiger partial charge in [-0.25, -0.2) is 4.98 Å². The third kappa shape index (κ3) is 4.87. The van der Waals surface area contributed by atoms with Crippen molar-refractivity contribution >= 4 is 17.3 Å². The molecule has 0 fully saturated rings. The first-order chi connectivity index (χ1) is 8.67. The normalized spacial score (nSPS) is 11.4. The first-order valence-electron chi connectivity index (χ1n) is 6.11. The molecule has 1 aromatic heterocycles. The Kier molecular flexibility index (Phi) is 6.43. The summed E-state index contributed by atoms with van der Waals surface area (Å²) in [5.74, 6) is 0.909. The number of guanidine groups is 1. The lowest BCUT2D eigenvalue weighted by Crippen LogP contribution is -2.38. The van der Waals surface area contributed by atoms with Gasteiger partial charge in [-0.15, -0.1) is 17.9 Å². The van der Waals surface area contributed by atoms with Gasteiger partial charge in [-0.3, -0.25) is 4.99 Å². The number of aliphatic imine (C=N–C) groups is 1. The number of hydrogen-bond acceptors (Lipinski definition) is 3. The number of thiazole rings is 1. The number of hydrogen-bond donors (Lipinski definition) is 1. The van der Waals surface area contributed by atoms with Crippen molar-refractivity contribution in [3.05, 3.63) is 28.7 Å². The van der Waals surface area contributed by atoms with E-state index in [0.717, 1.165) is 36.9 Å². The number of rotatable bonds is 6. The Hall–Kier alpha value is -1.36. The fourth-order valence-corrected chi connectivity index (χ4v) is 2.33. The van der Waals surface area contributed by atoms with E-state index in [9.17, 15) is 0 Å². The number of unbranched alkanes of at least 4 members (excludes halogenated alkanes) is 1. The van der Waals surface area contributed by atoms with Crippen LogP contribution < -0.4 is 5.32 Å². The summed E-state index contributed by atoms with van der Waals surface area (Å²) in [4.78, 5) is 12.0. The van der Waals surface area contributed by atoms with Crippen LogP contribution in [0, 0.1) is 6.92 Å². The SMILES string of the molecule is C=CCCCN(C)C(=NC)NCc1ncc(C)s1. The van der Waals surface area contributed by atoms with Crippen LogP contribution in [0.2, 0.25) is 0 Å². The van der Waals surface area contributed by atoms with Gasteiger partial charge in [0.05, 0.1) is 6.54 Å². The Labute approximate surface area is 113 Å². The Bertz CT molecular complexity index is 397. The molecule has 0 amide bonds. The van der Waals surface area contributed by atoms with E-state index >= 15 is 0 Å². The molecule has 1 aromatic rings. The Morgan fingerprint density at radius 1 is 1.67 bits per heavy atom. The zero-order valence-corrected chi connectivity index (χ0v) is 12.3. The highest BCUT2D eigenvalue weighted by molar-refractivity contribution is 7.11. The fourth-order valence-electron chi connectivity index (χ4n) is 1.60. The third-order valence-electron chi connectivity index (χ3n) is 2.54. The van der Waals surface area contributed by atoms with Crippen LogP contribution in [0.5, 0.6) is 0 Å². The number of nitrogens with one attached hydrogen (secondary N) is 1. The molecule has 0 atom stereocenters. The minimum atomic E-state index is 0.733. The third-order valence-corrected chi connectivity index (χ3v) is 3.45. The summed E-state index contributed by atoms with van der Waals surface area (Å²) in [7, 11) is 3.85. The van der Waals surface area contributed by atoms with E-state index in [4.69, 9.17) is 0 Å².